The molecular weight excluding hydrogens is 360 g/mol. The highest BCUT2D eigenvalue weighted by Gasteiger charge is 2.33. The van der Waals surface area contributed by atoms with Crippen molar-refractivity contribution in [1.82, 2.24) is 14.5 Å². The van der Waals surface area contributed by atoms with Crippen LogP contribution in [-0.2, 0) is 11.8 Å². The highest BCUT2D eigenvalue weighted by atomic mass is 15.1. The summed E-state index contributed by atoms with van der Waals surface area (Å²) in [7, 11) is 0. The number of benzene rings is 1. The van der Waals surface area contributed by atoms with Gasteiger partial charge in [0.05, 0.1) is 11.1 Å². The summed E-state index contributed by atoms with van der Waals surface area (Å²) < 4.78 is 2.29. The largest absolute Gasteiger partial charge is 0.386 e. The third-order valence-corrected chi connectivity index (χ3v) is 6.91. The van der Waals surface area contributed by atoms with Gasteiger partial charge >= 0.3 is 0 Å². The van der Waals surface area contributed by atoms with E-state index in [-0.39, 0.29) is 5.41 Å². The van der Waals surface area contributed by atoms with Crippen LogP contribution in [0.4, 0.5) is 11.5 Å². The standard InChI is InChI=1S/C23H28N6/c1-23(2)18-8-6-15(12-19(18)28-22(23)25)4-3-14-5-7-16(11-14)29-10-9-17-20(24)26-13-27-21(17)29/h6,8-10,12-14,16H,3-5,7,11H2,1-2H3,(H2,25,28)(H2,24,26,27). The van der Waals surface area contributed by atoms with Crippen molar-refractivity contribution >= 4 is 28.4 Å². The Morgan fingerprint density at radius 1 is 1.14 bits per heavy atom. The number of aryl methyl sites for hydroxylation is 1. The van der Waals surface area contributed by atoms with Crippen molar-refractivity contribution < 1.29 is 0 Å². The maximum absolute atomic E-state index is 6.13. The van der Waals surface area contributed by atoms with Gasteiger partial charge in [0.15, 0.2) is 0 Å². The van der Waals surface area contributed by atoms with Crippen molar-refractivity contribution in [3.8, 4) is 0 Å². The Bertz CT molecular complexity index is 1110. The lowest BCUT2D eigenvalue weighted by atomic mass is 9.84. The molecule has 2 unspecified atom stereocenters. The number of nitrogen functional groups attached to an aromatic ring is 1. The van der Waals surface area contributed by atoms with E-state index in [4.69, 9.17) is 11.5 Å². The summed E-state index contributed by atoms with van der Waals surface area (Å²) in [6.07, 6.45) is 9.61. The zero-order valence-electron chi connectivity index (χ0n) is 17.1. The molecule has 6 nitrogen and oxygen atoms in total. The average Bonchev–Trinajstić information content (AvgIpc) is 3.38. The molecule has 0 radical (unpaired) electrons. The van der Waals surface area contributed by atoms with E-state index in [0.717, 1.165) is 29.1 Å². The van der Waals surface area contributed by atoms with Gasteiger partial charge in [-0.2, -0.15) is 0 Å². The Hall–Kier alpha value is -2.89. The van der Waals surface area contributed by atoms with Crippen LogP contribution in [-0.4, -0.2) is 20.4 Å². The molecule has 1 aliphatic carbocycles. The minimum atomic E-state index is -0.154. The molecule has 150 valence electrons. The molecule has 0 spiro atoms. The van der Waals surface area contributed by atoms with Crippen molar-refractivity contribution in [3.05, 3.63) is 47.9 Å². The molecule has 2 atom stereocenters. The average molecular weight is 389 g/mol. The van der Waals surface area contributed by atoms with Crippen LogP contribution >= 0.6 is 0 Å². The van der Waals surface area contributed by atoms with Gasteiger partial charge in [-0.1, -0.05) is 12.1 Å². The second kappa shape index (κ2) is 6.58. The third-order valence-electron chi connectivity index (χ3n) is 6.91. The number of rotatable bonds is 4. The SMILES string of the molecule is CC1(C)C(N)=Nc2cc(CCC3CCC(n4ccc5c(N)ncnc54)C3)ccc21. The predicted molar refractivity (Wildman–Crippen MR) is 117 cm³/mol. The number of amidine groups is 1. The van der Waals surface area contributed by atoms with Crippen LogP contribution in [0.25, 0.3) is 11.0 Å². The molecule has 0 bridgehead atoms. The summed E-state index contributed by atoms with van der Waals surface area (Å²) in [5, 5.41) is 0.955. The predicted octanol–water partition coefficient (Wildman–Crippen LogP) is 4.27. The van der Waals surface area contributed by atoms with E-state index in [0.29, 0.717) is 17.7 Å². The molecule has 4 N–H and O–H groups in total. The first kappa shape index (κ1) is 18.2. The van der Waals surface area contributed by atoms with Gasteiger partial charge in [-0.3, -0.25) is 0 Å². The maximum atomic E-state index is 6.13. The molecule has 1 saturated carbocycles. The quantitative estimate of drug-likeness (QED) is 0.698. The fourth-order valence-corrected chi connectivity index (χ4v) is 4.98. The lowest BCUT2D eigenvalue weighted by Gasteiger charge is -2.19. The Balaban J connectivity index is 1.26. The summed E-state index contributed by atoms with van der Waals surface area (Å²) >= 11 is 0. The molecule has 2 aromatic heterocycles. The smallest absolute Gasteiger partial charge is 0.145 e. The Morgan fingerprint density at radius 2 is 2.00 bits per heavy atom. The maximum Gasteiger partial charge on any atom is 0.145 e. The normalized spacial score (nSPS) is 22.8. The number of hydrogen-bond donors (Lipinski definition) is 2. The van der Waals surface area contributed by atoms with Crippen LogP contribution in [0.2, 0.25) is 0 Å². The minimum absolute atomic E-state index is 0.154. The number of nitrogens with zero attached hydrogens (tertiary/aromatic N) is 4. The van der Waals surface area contributed by atoms with Crippen molar-refractivity contribution in [2.75, 3.05) is 5.73 Å². The highest BCUT2D eigenvalue weighted by Crippen LogP contribution is 2.41. The topological polar surface area (TPSA) is 95.1 Å². The zero-order chi connectivity index (χ0) is 20.2. The Labute approximate surface area is 171 Å². The Kier molecular flexibility index (Phi) is 4.12. The van der Waals surface area contributed by atoms with Gasteiger partial charge in [-0.25, -0.2) is 15.0 Å². The van der Waals surface area contributed by atoms with E-state index < -0.39 is 0 Å². The van der Waals surface area contributed by atoms with E-state index in [1.54, 1.807) is 6.33 Å². The second-order valence-corrected chi connectivity index (χ2v) is 9.06. The minimum Gasteiger partial charge on any atom is -0.386 e. The molecular formula is C23H28N6. The summed E-state index contributed by atoms with van der Waals surface area (Å²) in [5.41, 5.74) is 16.6. The fraction of sp³-hybridized carbons (Fsp3) is 0.435. The molecule has 6 heteroatoms. The second-order valence-electron chi connectivity index (χ2n) is 9.06. The molecule has 1 fully saturated rings. The summed E-state index contributed by atoms with van der Waals surface area (Å²) in [6.45, 7) is 4.28. The number of fused-ring (bicyclic) bond motifs is 2. The first-order chi connectivity index (χ1) is 13.9. The first-order valence-electron chi connectivity index (χ1n) is 10.5. The van der Waals surface area contributed by atoms with Gasteiger partial charge in [-0.15, -0.1) is 0 Å². The number of nitrogens with two attached hydrogens (primary N) is 2. The van der Waals surface area contributed by atoms with Crippen molar-refractivity contribution in [2.24, 2.45) is 16.6 Å². The Morgan fingerprint density at radius 3 is 2.86 bits per heavy atom. The van der Waals surface area contributed by atoms with E-state index >= 15 is 0 Å². The van der Waals surface area contributed by atoms with Crippen molar-refractivity contribution in [3.63, 3.8) is 0 Å². The summed E-state index contributed by atoms with van der Waals surface area (Å²) in [6, 6.07) is 9.22. The highest BCUT2D eigenvalue weighted by molar-refractivity contribution is 5.98. The van der Waals surface area contributed by atoms with E-state index in [2.05, 4.69) is 57.8 Å². The van der Waals surface area contributed by atoms with Crippen LogP contribution in [0.1, 0.15) is 56.7 Å². The number of hydrogen-bond acceptors (Lipinski definition) is 5. The molecule has 0 amide bonds. The number of anilines is 1. The van der Waals surface area contributed by atoms with Crippen LogP contribution in [0.15, 0.2) is 41.8 Å². The molecule has 1 aromatic carbocycles. The van der Waals surface area contributed by atoms with Gasteiger partial charge in [0.25, 0.3) is 0 Å². The van der Waals surface area contributed by atoms with Gasteiger partial charge in [0.1, 0.15) is 23.6 Å². The van der Waals surface area contributed by atoms with Crippen LogP contribution in [0, 0.1) is 5.92 Å². The number of aliphatic imine (C=N–C) groups is 1. The van der Waals surface area contributed by atoms with Crippen LogP contribution in [0.5, 0.6) is 0 Å². The van der Waals surface area contributed by atoms with E-state index in [1.165, 1.54) is 36.8 Å². The summed E-state index contributed by atoms with van der Waals surface area (Å²) in [5.74, 6) is 2.01. The van der Waals surface area contributed by atoms with E-state index in [1.807, 2.05) is 6.07 Å². The lowest BCUT2D eigenvalue weighted by Crippen LogP contribution is -2.32. The molecule has 3 heterocycles. The monoisotopic (exact) mass is 388 g/mol. The molecule has 1 aliphatic heterocycles. The molecule has 5 rings (SSSR count). The van der Waals surface area contributed by atoms with E-state index in [9.17, 15) is 0 Å². The number of aromatic nitrogens is 3. The fourth-order valence-electron chi connectivity index (χ4n) is 4.98. The summed E-state index contributed by atoms with van der Waals surface area (Å²) in [4.78, 5) is 13.2. The van der Waals surface area contributed by atoms with Gasteiger partial charge < -0.3 is 16.0 Å². The molecule has 0 saturated heterocycles. The molecule has 3 aromatic rings. The molecule has 29 heavy (non-hydrogen) atoms. The lowest BCUT2D eigenvalue weighted by molar-refractivity contribution is 0.461. The van der Waals surface area contributed by atoms with Crippen molar-refractivity contribution in [2.45, 2.75) is 57.4 Å². The zero-order valence-corrected chi connectivity index (χ0v) is 17.1. The van der Waals surface area contributed by atoms with Crippen molar-refractivity contribution in [1.29, 1.82) is 0 Å². The van der Waals surface area contributed by atoms with Gasteiger partial charge in [-0.05, 0) is 75.1 Å². The third kappa shape index (κ3) is 2.98. The first-order valence-corrected chi connectivity index (χ1v) is 10.5. The van der Waals surface area contributed by atoms with Gasteiger partial charge in [0.2, 0.25) is 0 Å². The van der Waals surface area contributed by atoms with Gasteiger partial charge in [0, 0.05) is 17.7 Å². The van der Waals surface area contributed by atoms with Crippen LogP contribution < -0.4 is 11.5 Å². The molecule has 2 aliphatic rings. The van der Waals surface area contributed by atoms with Crippen LogP contribution in [0.3, 0.4) is 0 Å².